The SMILES string of the molecule is Cc1cc(OCCOc2ccc(/C=C3/C(=N)N4N=C(S(C)(=O)=O)SC4=NC3=O)cc2)ccc1Cl. The number of amidine groups is 2. The van der Waals surface area contributed by atoms with Crippen molar-refractivity contribution in [2.75, 3.05) is 19.5 Å². The van der Waals surface area contributed by atoms with E-state index in [0.29, 0.717) is 35.3 Å². The molecule has 2 aliphatic rings. The van der Waals surface area contributed by atoms with Crippen LogP contribution in [0.25, 0.3) is 6.08 Å². The van der Waals surface area contributed by atoms with E-state index in [1.165, 1.54) is 6.08 Å². The number of benzene rings is 2. The van der Waals surface area contributed by atoms with E-state index in [9.17, 15) is 13.2 Å². The monoisotopic (exact) mass is 518 g/mol. The van der Waals surface area contributed by atoms with Gasteiger partial charge < -0.3 is 9.47 Å². The standard InChI is InChI=1S/C22H19ClN4O5S2/c1-13-11-16(7-8-18(13)23)32-10-9-31-15-5-3-14(4-6-15)12-17-19(24)27-21(25-20(17)28)33-22(26-27)34(2,29)30/h3-8,11-12,24H,9-10H2,1-2H3/b17-12-,24-19?. The molecule has 12 heteroatoms. The summed E-state index contributed by atoms with van der Waals surface area (Å²) in [5, 5.41) is 14.0. The fourth-order valence-electron chi connectivity index (χ4n) is 2.98. The van der Waals surface area contributed by atoms with Gasteiger partial charge in [-0.1, -0.05) is 23.7 Å². The molecular weight excluding hydrogens is 500 g/mol. The first-order valence-electron chi connectivity index (χ1n) is 9.94. The molecule has 2 heterocycles. The van der Waals surface area contributed by atoms with Crippen LogP contribution in [0.15, 0.2) is 58.1 Å². The highest BCUT2D eigenvalue weighted by Crippen LogP contribution is 2.30. The van der Waals surface area contributed by atoms with Crippen LogP contribution in [-0.2, 0) is 14.6 Å². The molecule has 9 nitrogen and oxygen atoms in total. The summed E-state index contributed by atoms with van der Waals surface area (Å²) in [5.41, 5.74) is 1.58. The molecule has 1 N–H and O–H groups in total. The largest absolute Gasteiger partial charge is 0.490 e. The van der Waals surface area contributed by atoms with E-state index in [-0.39, 0.29) is 21.0 Å². The zero-order valence-electron chi connectivity index (χ0n) is 18.1. The number of aliphatic imine (C=N–C) groups is 1. The van der Waals surface area contributed by atoms with Gasteiger partial charge in [0.15, 0.2) is 5.84 Å². The topological polar surface area (TPSA) is 121 Å². The number of sulfone groups is 1. The Hall–Kier alpha value is -3.15. The minimum Gasteiger partial charge on any atom is -0.490 e. The molecule has 0 atom stereocenters. The van der Waals surface area contributed by atoms with E-state index in [1.807, 2.05) is 13.0 Å². The van der Waals surface area contributed by atoms with Crippen LogP contribution in [0.1, 0.15) is 11.1 Å². The Balaban J connectivity index is 1.38. The Morgan fingerprint density at radius 1 is 1.12 bits per heavy atom. The van der Waals surface area contributed by atoms with Crippen molar-refractivity contribution >= 4 is 60.6 Å². The molecule has 34 heavy (non-hydrogen) atoms. The summed E-state index contributed by atoms with van der Waals surface area (Å²) in [4.78, 5) is 16.3. The Bertz CT molecular complexity index is 1370. The molecule has 176 valence electrons. The van der Waals surface area contributed by atoms with Gasteiger partial charge in [-0.25, -0.2) is 8.42 Å². The third kappa shape index (κ3) is 5.32. The van der Waals surface area contributed by atoms with Crippen molar-refractivity contribution in [3.05, 3.63) is 64.2 Å². The summed E-state index contributed by atoms with van der Waals surface area (Å²) in [6.07, 6.45) is 2.51. The lowest BCUT2D eigenvalue weighted by Crippen LogP contribution is -2.35. The number of thioether (sulfide) groups is 1. The molecule has 0 aliphatic carbocycles. The average molecular weight is 519 g/mol. The number of aryl methyl sites for hydroxylation is 1. The number of nitrogens with one attached hydrogen (secondary N) is 1. The van der Waals surface area contributed by atoms with Gasteiger partial charge in [-0.15, -0.1) is 5.10 Å². The summed E-state index contributed by atoms with van der Waals surface area (Å²) in [6, 6.07) is 12.4. The van der Waals surface area contributed by atoms with Crippen LogP contribution in [0.4, 0.5) is 0 Å². The van der Waals surface area contributed by atoms with E-state index in [4.69, 9.17) is 26.5 Å². The van der Waals surface area contributed by atoms with Crippen LogP contribution in [0.5, 0.6) is 11.5 Å². The minimum absolute atomic E-state index is 0.00294. The molecule has 0 aromatic heterocycles. The van der Waals surface area contributed by atoms with Crippen molar-refractivity contribution in [3.8, 4) is 11.5 Å². The van der Waals surface area contributed by atoms with Crippen LogP contribution in [0, 0.1) is 12.3 Å². The van der Waals surface area contributed by atoms with E-state index >= 15 is 0 Å². The molecule has 0 radical (unpaired) electrons. The van der Waals surface area contributed by atoms with Crippen molar-refractivity contribution < 1.29 is 22.7 Å². The minimum atomic E-state index is -3.58. The van der Waals surface area contributed by atoms with Crippen LogP contribution >= 0.6 is 23.4 Å². The van der Waals surface area contributed by atoms with Gasteiger partial charge in [0.2, 0.25) is 19.4 Å². The Morgan fingerprint density at radius 2 is 1.76 bits per heavy atom. The van der Waals surface area contributed by atoms with E-state index in [2.05, 4.69) is 10.1 Å². The molecule has 2 aliphatic heterocycles. The van der Waals surface area contributed by atoms with Crippen LogP contribution < -0.4 is 9.47 Å². The zero-order valence-corrected chi connectivity index (χ0v) is 20.5. The predicted octanol–water partition coefficient (Wildman–Crippen LogP) is 3.73. The number of hydrogen-bond donors (Lipinski definition) is 1. The van der Waals surface area contributed by atoms with Crippen molar-refractivity contribution in [3.63, 3.8) is 0 Å². The van der Waals surface area contributed by atoms with Gasteiger partial charge in [0.05, 0.1) is 5.57 Å². The highest BCUT2D eigenvalue weighted by molar-refractivity contribution is 8.42. The molecular formula is C22H19ClN4O5S2. The smallest absolute Gasteiger partial charge is 0.283 e. The van der Waals surface area contributed by atoms with Crippen LogP contribution in [-0.4, -0.2) is 54.2 Å². The number of carbonyl (C=O) groups is 1. The summed E-state index contributed by atoms with van der Waals surface area (Å²) < 4.78 is 34.6. The molecule has 0 unspecified atom stereocenters. The first kappa shape index (κ1) is 24.0. The van der Waals surface area contributed by atoms with Gasteiger partial charge in [-0.2, -0.15) is 10.0 Å². The van der Waals surface area contributed by atoms with Gasteiger partial charge in [-0.05, 0) is 66.2 Å². The maximum absolute atomic E-state index is 12.4. The molecule has 0 bridgehead atoms. The summed E-state index contributed by atoms with van der Waals surface area (Å²) >= 11 is 6.75. The lowest BCUT2D eigenvalue weighted by Gasteiger charge is -2.20. The molecule has 0 fully saturated rings. The number of nitrogens with zero attached hydrogens (tertiary/aromatic N) is 3. The molecule has 0 saturated heterocycles. The number of hydrogen-bond acceptors (Lipinski definition) is 8. The summed E-state index contributed by atoms with van der Waals surface area (Å²) in [7, 11) is -3.58. The van der Waals surface area contributed by atoms with Crippen molar-refractivity contribution in [1.82, 2.24) is 5.01 Å². The Morgan fingerprint density at radius 3 is 2.41 bits per heavy atom. The van der Waals surface area contributed by atoms with Crippen molar-refractivity contribution in [1.29, 1.82) is 5.41 Å². The highest BCUT2D eigenvalue weighted by atomic mass is 35.5. The number of carbonyl (C=O) groups excluding carboxylic acids is 1. The Labute approximate surface area is 205 Å². The van der Waals surface area contributed by atoms with Crippen molar-refractivity contribution in [2.24, 2.45) is 10.1 Å². The molecule has 0 saturated carbocycles. The number of fused-ring (bicyclic) bond motifs is 1. The van der Waals surface area contributed by atoms with Crippen LogP contribution in [0.2, 0.25) is 5.02 Å². The summed E-state index contributed by atoms with van der Waals surface area (Å²) in [5.74, 6) is 0.448. The second-order valence-corrected chi connectivity index (χ2v) is 10.9. The number of ether oxygens (including phenoxy) is 2. The molecule has 1 amide bonds. The number of hydrazone groups is 1. The van der Waals surface area contributed by atoms with Gasteiger partial charge in [0.25, 0.3) is 5.91 Å². The maximum Gasteiger partial charge on any atom is 0.283 e. The van der Waals surface area contributed by atoms with Crippen molar-refractivity contribution in [2.45, 2.75) is 6.92 Å². The lowest BCUT2D eigenvalue weighted by atomic mass is 10.1. The fraction of sp³-hybridized carbons (Fsp3) is 0.182. The predicted molar refractivity (Wildman–Crippen MR) is 133 cm³/mol. The second-order valence-electron chi connectivity index (χ2n) is 7.34. The first-order chi connectivity index (χ1) is 16.1. The van der Waals surface area contributed by atoms with Gasteiger partial charge in [0, 0.05) is 11.3 Å². The molecule has 2 aromatic rings. The fourth-order valence-corrected chi connectivity index (χ4v) is 4.78. The Kier molecular flexibility index (Phi) is 6.78. The maximum atomic E-state index is 12.4. The van der Waals surface area contributed by atoms with E-state index in [1.54, 1.807) is 36.4 Å². The van der Waals surface area contributed by atoms with Gasteiger partial charge in [-0.3, -0.25) is 10.2 Å². The average Bonchev–Trinajstić information content (AvgIpc) is 3.22. The molecule has 2 aromatic carbocycles. The highest BCUT2D eigenvalue weighted by Gasteiger charge is 2.38. The normalized spacial score (nSPS) is 16.9. The first-order valence-corrected chi connectivity index (χ1v) is 13.0. The lowest BCUT2D eigenvalue weighted by molar-refractivity contribution is -0.114. The van der Waals surface area contributed by atoms with E-state index in [0.717, 1.165) is 28.6 Å². The summed E-state index contributed by atoms with van der Waals surface area (Å²) in [6.45, 7) is 2.58. The van der Waals surface area contributed by atoms with E-state index < -0.39 is 15.7 Å². The molecule has 4 rings (SSSR count). The third-order valence-corrected chi connectivity index (χ3v) is 7.70. The van der Waals surface area contributed by atoms with Gasteiger partial charge >= 0.3 is 0 Å². The zero-order chi connectivity index (χ0) is 24.5. The number of rotatable bonds is 6. The quantitative estimate of drug-likeness (QED) is 0.456. The number of halogens is 1. The van der Waals surface area contributed by atoms with Crippen LogP contribution in [0.3, 0.4) is 0 Å². The van der Waals surface area contributed by atoms with Gasteiger partial charge in [0.1, 0.15) is 24.7 Å². The number of amides is 1. The second kappa shape index (κ2) is 9.61. The molecule has 0 spiro atoms. The third-order valence-electron chi connectivity index (χ3n) is 4.69.